The summed E-state index contributed by atoms with van der Waals surface area (Å²) in [5.41, 5.74) is 5.17. The van der Waals surface area contributed by atoms with Gasteiger partial charge in [0.25, 0.3) is 6.01 Å². The molecule has 0 aliphatic carbocycles. The average Bonchev–Trinajstić information content (AvgIpc) is 3.55. The lowest BCUT2D eigenvalue weighted by Crippen LogP contribution is -2.34. The Hall–Kier alpha value is -3.01. The molecule has 4 heterocycles. The highest BCUT2D eigenvalue weighted by molar-refractivity contribution is 6.33. The van der Waals surface area contributed by atoms with Gasteiger partial charge in [0.05, 0.1) is 35.0 Å². The standard InChI is InChI=1S/C28H28ClN3O5/c1-28(2,34)12-15-3-5-16(6-4-15)17-7-9-18(10-8-17)23-19(29)11-20-26(31-23)32-27(30-20)37-22-14-36-24-21(33)13-35-25(22)24/h3-11,21-22,24-25,33-34H,12-14H2,1-2H3,(H,30,31,32)/t21-,22-,24-,25-/m1/s1. The molecular weight excluding hydrogens is 494 g/mol. The van der Waals surface area contributed by atoms with Crippen LogP contribution in [0.25, 0.3) is 33.5 Å². The van der Waals surface area contributed by atoms with Gasteiger partial charge < -0.3 is 29.4 Å². The zero-order valence-corrected chi connectivity index (χ0v) is 21.3. The second-order valence-electron chi connectivity index (χ2n) is 10.3. The number of imidazole rings is 1. The lowest BCUT2D eigenvalue weighted by atomic mass is 9.96. The molecule has 192 valence electrons. The Bertz CT molecular complexity index is 1420. The van der Waals surface area contributed by atoms with E-state index in [4.69, 9.17) is 25.8 Å². The maximum absolute atomic E-state index is 10.0. The van der Waals surface area contributed by atoms with Crippen molar-refractivity contribution in [2.75, 3.05) is 13.2 Å². The molecule has 2 aromatic heterocycles. The van der Waals surface area contributed by atoms with Crippen molar-refractivity contribution in [1.29, 1.82) is 0 Å². The molecule has 37 heavy (non-hydrogen) atoms. The summed E-state index contributed by atoms with van der Waals surface area (Å²) in [6.45, 7) is 4.17. The molecule has 9 heteroatoms. The molecule has 0 unspecified atom stereocenters. The van der Waals surface area contributed by atoms with Crippen LogP contribution in [0.2, 0.25) is 5.02 Å². The van der Waals surface area contributed by atoms with E-state index in [2.05, 4.69) is 27.1 Å². The van der Waals surface area contributed by atoms with Gasteiger partial charge in [-0.3, -0.25) is 0 Å². The van der Waals surface area contributed by atoms with E-state index in [0.29, 0.717) is 40.9 Å². The molecule has 2 fully saturated rings. The summed E-state index contributed by atoms with van der Waals surface area (Å²) in [6.07, 6.45) is -1.10. The second kappa shape index (κ2) is 9.38. The molecule has 3 N–H and O–H groups in total. The van der Waals surface area contributed by atoms with E-state index in [9.17, 15) is 10.2 Å². The number of pyridine rings is 1. The zero-order chi connectivity index (χ0) is 25.7. The quantitative estimate of drug-likeness (QED) is 0.349. The van der Waals surface area contributed by atoms with Crippen molar-refractivity contribution < 1.29 is 24.4 Å². The summed E-state index contributed by atoms with van der Waals surface area (Å²) in [4.78, 5) is 12.3. The van der Waals surface area contributed by atoms with Crippen LogP contribution in [0.4, 0.5) is 0 Å². The Morgan fingerprint density at radius 2 is 1.62 bits per heavy atom. The number of hydrogen-bond acceptors (Lipinski definition) is 7. The van der Waals surface area contributed by atoms with Gasteiger partial charge in [-0.15, -0.1) is 0 Å². The summed E-state index contributed by atoms with van der Waals surface area (Å²) in [5, 5.41) is 20.5. The van der Waals surface area contributed by atoms with E-state index in [1.807, 2.05) is 50.2 Å². The van der Waals surface area contributed by atoms with Crippen LogP contribution in [0, 0.1) is 0 Å². The minimum Gasteiger partial charge on any atom is -0.456 e. The Kier molecular flexibility index (Phi) is 6.17. The van der Waals surface area contributed by atoms with Gasteiger partial charge in [0, 0.05) is 12.0 Å². The van der Waals surface area contributed by atoms with Crippen LogP contribution < -0.4 is 4.74 Å². The van der Waals surface area contributed by atoms with Gasteiger partial charge in [0.2, 0.25) is 0 Å². The van der Waals surface area contributed by atoms with Crippen LogP contribution in [0.15, 0.2) is 54.6 Å². The van der Waals surface area contributed by atoms with E-state index >= 15 is 0 Å². The molecule has 4 atom stereocenters. The lowest BCUT2D eigenvalue weighted by Gasteiger charge is -2.17. The van der Waals surface area contributed by atoms with Crippen LogP contribution in [0.5, 0.6) is 6.01 Å². The Labute approximate surface area is 219 Å². The third-order valence-electron chi connectivity index (χ3n) is 6.73. The summed E-state index contributed by atoms with van der Waals surface area (Å²) in [5.74, 6) is 0. The average molecular weight is 522 g/mol. The number of hydrogen-bond donors (Lipinski definition) is 3. The van der Waals surface area contributed by atoms with E-state index in [-0.39, 0.29) is 24.9 Å². The van der Waals surface area contributed by atoms with Gasteiger partial charge in [-0.05, 0) is 36.6 Å². The highest BCUT2D eigenvalue weighted by Crippen LogP contribution is 2.33. The number of nitrogens with zero attached hydrogens (tertiary/aromatic N) is 2. The van der Waals surface area contributed by atoms with E-state index in [1.54, 1.807) is 6.07 Å². The van der Waals surface area contributed by atoms with Crippen molar-refractivity contribution in [2.24, 2.45) is 0 Å². The predicted octanol–water partition coefficient (Wildman–Crippen LogP) is 4.16. The van der Waals surface area contributed by atoms with Gasteiger partial charge in [0.15, 0.2) is 11.8 Å². The third-order valence-corrected chi connectivity index (χ3v) is 7.02. The summed E-state index contributed by atoms with van der Waals surface area (Å²) >= 11 is 6.59. The molecule has 2 aromatic carbocycles. The lowest BCUT2D eigenvalue weighted by molar-refractivity contribution is 0.00706. The second-order valence-corrected chi connectivity index (χ2v) is 10.7. The van der Waals surface area contributed by atoms with Crippen LogP contribution in [0.1, 0.15) is 19.4 Å². The Morgan fingerprint density at radius 3 is 2.32 bits per heavy atom. The monoisotopic (exact) mass is 521 g/mol. The highest BCUT2D eigenvalue weighted by atomic mass is 35.5. The minimum atomic E-state index is -0.736. The molecule has 4 aromatic rings. The van der Waals surface area contributed by atoms with Gasteiger partial charge in [-0.25, -0.2) is 4.98 Å². The predicted molar refractivity (Wildman–Crippen MR) is 140 cm³/mol. The Morgan fingerprint density at radius 1 is 0.973 bits per heavy atom. The van der Waals surface area contributed by atoms with Crippen molar-refractivity contribution >= 4 is 22.8 Å². The van der Waals surface area contributed by atoms with Gasteiger partial charge >= 0.3 is 0 Å². The van der Waals surface area contributed by atoms with Crippen molar-refractivity contribution in [3.8, 4) is 28.4 Å². The number of aliphatic hydroxyl groups excluding tert-OH is 1. The molecule has 0 radical (unpaired) electrons. The smallest absolute Gasteiger partial charge is 0.296 e. The first-order valence-corrected chi connectivity index (χ1v) is 12.7. The van der Waals surface area contributed by atoms with E-state index < -0.39 is 11.7 Å². The number of aromatic amines is 1. The number of aromatic nitrogens is 3. The van der Waals surface area contributed by atoms with Gasteiger partial charge in [-0.1, -0.05) is 60.1 Å². The largest absolute Gasteiger partial charge is 0.456 e. The highest BCUT2D eigenvalue weighted by Gasteiger charge is 2.48. The van der Waals surface area contributed by atoms with Crippen molar-refractivity contribution in [3.63, 3.8) is 0 Å². The number of ether oxygens (including phenoxy) is 3. The maximum atomic E-state index is 10.0. The molecular formula is C28H28ClN3O5. The van der Waals surface area contributed by atoms with E-state index in [0.717, 1.165) is 22.3 Å². The molecule has 2 aliphatic heterocycles. The van der Waals surface area contributed by atoms with Crippen molar-refractivity contribution in [3.05, 3.63) is 65.2 Å². The third kappa shape index (κ3) is 4.95. The molecule has 2 saturated heterocycles. The molecule has 0 bridgehead atoms. The van der Waals surface area contributed by atoms with Crippen LogP contribution in [-0.4, -0.2) is 68.4 Å². The number of benzene rings is 2. The fraction of sp³-hybridized carbons (Fsp3) is 0.357. The van der Waals surface area contributed by atoms with Crippen molar-refractivity contribution in [1.82, 2.24) is 15.0 Å². The zero-order valence-electron chi connectivity index (χ0n) is 20.5. The number of fused-ring (bicyclic) bond motifs is 2. The van der Waals surface area contributed by atoms with Gasteiger partial charge in [0.1, 0.15) is 18.3 Å². The fourth-order valence-corrected chi connectivity index (χ4v) is 5.24. The molecule has 2 aliphatic rings. The number of rotatable bonds is 6. The molecule has 8 nitrogen and oxygen atoms in total. The molecule has 0 saturated carbocycles. The van der Waals surface area contributed by atoms with Crippen molar-refractivity contribution in [2.45, 2.75) is 50.3 Å². The Balaban J connectivity index is 1.20. The molecule has 0 spiro atoms. The summed E-state index contributed by atoms with van der Waals surface area (Å²) in [7, 11) is 0. The van der Waals surface area contributed by atoms with E-state index in [1.165, 1.54) is 0 Å². The fourth-order valence-electron chi connectivity index (χ4n) is 4.98. The summed E-state index contributed by atoms with van der Waals surface area (Å²) < 4.78 is 17.2. The summed E-state index contributed by atoms with van der Waals surface area (Å²) in [6, 6.07) is 18.4. The van der Waals surface area contributed by atoms with Crippen LogP contribution >= 0.6 is 11.6 Å². The molecule has 0 amide bonds. The number of H-pyrrole nitrogens is 1. The van der Waals surface area contributed by atoms with Gasteiger partial charge in [-0.2, -0.15) is 4.98 Å². The first kappa shape index (κ1) is 24.3. The maximum Gasteiger partial charge on any atom is 0.296 e. The van der Waals surface area contributed by atoms with Crippen LogP contribution in [0.3, 0.4) is 0 Å². The normalized spacial score (nSPS) is 23.5. The first-order chi connectivity index (χ1) is 17.7. The molecule has 6 rings (SSSR count). The SMILES string of the molecule is CC(C)(O)Cc1ccc(-c2ccc(-c3nc4nc(O[C@@H]5CO[C@H]6[C@@H]5OC[C@H]6O)[nH]c4cc3Cl)cc2)cc1. The number of aliphatic hydroxyl groups is 2. The minimum absolute atomic E-state index is 0.238. The number of halogens is 1. The van der Waals surface area contributed by atoms with Crippen LogP contribution in [-0.2, 0) is 15.9 Å². The topological polar surface area (TPSA) is 110 Å². The number of nitrogens with one attached hydrogen (secondary N) is 1. The first-order valence-electron chi connectivity index (χ1n) is 12.3.